The highest BCUT2D eigenvalue weighted by atomic mass is 16.5. The van der Waals surface area contributed by atoms with Gasteiger partial charge in [0.25, 0.3) is 0 Å². The van der Waals surface area contributed by atoms with Crippen LogP contribution >= 0.6 is 0 Å². The third-order valence-electron chi connectivity index (χ3n) is 3.93. The summed E-state index contributed by atoms with van der Waals surface area (Å²) in [6.07, 6.45) is 1.77. The Balaban J connectivity index is 2.31. The number of para-hydroxylation sites is 1. The van der Waals surface area contributed by atoms with Gasteiger partial charge in [-0.05, 0) is 35.7 Å². The fourth-order valence-electron chi connectivity index (χ4n) is 2.79. The molecule has 0 saturated carbocycles. The Labute approximate surface area is 140 Å². The van der Waals surface area contributed by atoms with Crippen LogP contribution in [-0.4, -0.2) is 33.4 Å². The molecule has 1 aromatic heterocycles. The summed E-state index contributed by atoms with van der Waals surface area (Å²) in [6.45, 7) is 0. The van der Waals surface area contributed by atoms with Crippen molar-refractivity contribution < 1.29 is 18.9 Å². The maximum atomic E-state index is 5.55. The molecule has 0 saturated heterocycles. The molecular weight excluding hydrogens is 306 g/mol. The van der Waals surface area contributed by atoms with E-state index in [4.69, 9.17) is 18.9 Å². The number of fused-ring (bicyclic) bond motifs is 1. The monoisotopic (exact) mass is 325 g/mol. The minimum atomic E-state index is 0.648. The summed E-state index contributed by atoms with van der Waals surface area (Å²) in [5, 5.41) is 1.95. The van der Waals surface area contributed by atoms with Crippen LogP contribution in [0.3, 0.4) is 0 Å². The molecule has 0 fully saturated rings. The van der Waals surface area contributed by atoms with Crippen molar-refractivity contribution >= 4 is 10.8 Å². The summed E-state index contributed by atoms with van der Waals surface area (Å²) < 4.78 is 21.8. The molecule has 3 rings (SSSR count). The highest BCUT2D eigenvalue weighted by molar-refractivity contribution is 5.98. The summed E-state index contributed by atoms with van der Waals surface area (Å²) >= 11 is 0. The van der Waals surface area contributed by atoms with Crippen molar-refractivity contribution in [1.29, 1.82) is 0 Å². The zero-order valence-electron chi connectivity index (χ0n) is 14.1. The smallest absolute Gasteiger partial charge is 0.170 e. The van der Waals surface area contributed by atoms with E-state index in [0.29, 0.717) is 23.0 Å². The number of methoxy groups -OCH3 is 4. The van der Waals surface area contributed by atoms with Crippen LogP contribution in [-0.2, 0) is 0 Å². The van der Waals surface area contributed by atoms with Gasteiger partial charge >= 0.3 is 0 Å². The molecule has 0 unspecified atom stereocenters. The summed E-state index contributed by atoms with van der Waals surface area (Å²) in [5.74, 6) is 2.64. The Morgan fingerprint density at radius 1 is 0.750 bits per heavy atom. The van der Waals surface area contributed by atoms with E-state index in [1.807, 2.05) is 36.4 Å². The van der Waals surface area contributed by atoms with Crippen LogP contribution in [0.5, 0.6) is 23.0 Å². The number of benzene rings is 2. The topological polar surface area (TPSA) is 49.8 Å². The van der Waals surface area contributed by atoms with E-state index in [1.54, 1.807) is 34.6 Å². The molecule has 124 valence electrons. The van der Waals surface area contributed by atoms with Crippen molar-refractivity contribution in [3.05, 3.63) is 42.6 Å². The molecule has 0 bridgehead atoms. The molecule has 24 heavy (non-hydrogen) atoms. The van der Waals surface area contributed by atoms with Gasteiger partial charge in [0.1, 0.15) is 0 Å². The predicted octanol–water partition coefficient (Wildman–Crippen LogP) is 3.94. The maximum absolute atomic E-state index is 5.55. The molecular formula is C19H19NO4. The van der Waals surface area contributed by atoms with Gasteiger partial charge in [-0.3, -0.25) is 4.98 Å². The Kier molecular flexibility index (Phi) is 4.42. The Bertz CT molecular complexity index is 877. The lowest BCUT2D eigenvalue weighted by molar-refractivity contribution is 0.355. The first kappa shape index (κ1) is 15.9. The lowest BCUT2D eigenvalue weighted by Gasteiger charge is -2.15. The summed E-state index contributed by atoms with van der Waals surface area (Å²) in [5.41, 5.74) is 1.65. The van der Waals surface area contributed by atoms with Crippen molar-refractivity contribution in [2.75, 3.05) is 28.4 Å². The van der Waals surface area contributed by atoms with Crippen LogP contribution in [0.2, 0.25) is 0 Å². The first-order valence-corrected chi connectivity index (χ1v) is 7.45. The van der Waals surface area contributed by atoms with E-state index in [0.717, 1.165) is 22.0 Å². The number of hydrogen-bond acceptors (Lipinski definition) is 5. The largest absolute Gasteiger partial charge is 0.493 e. The molecule has 3 aromatic rings. The molecule has 0 spiro atoms. The van der Waals surface area contributed by atoms with Crippen molar-refractivity contribution in [3.8, 4) is 34.3 Å². The van der Waals surface area contributed by atoms with Gasteiger partial charge in [0.2, 0.25) is 0 Å². The number of ether oxygens (including phenoxy) is 4. The zero-order chi connectivity index (χ0) is 17.1. The Hall–Kier alpha value is -2.95. The quantitative estimate of drug-likeness (QED) is 0.711. The average molecular weight is 325 g/mol. The Morgan fingerprint density at radius 2 is 1.46 bits per heavy atom. The average Bonchev–Trinajstić information content (AvgIpc) is 2.65. The lowest BCUT2D eigenvalue weighted by Crippen LogP contribution is -1.96. The van der Waals surface area contributed by atoms with Gasteiger partial charge < -0.3 is 18.9 Å². The summed E-state index contributed by atoms with van der Waals surface area (Å²) in [7, 11) is 6.48. The normalized spacial score (nSPS) is 10.5. The van der Waals surface area contributed by atoms with E-state index >= 15 is 0 Å². The second kappa shape index (κ2) is 6.66. The van der Waals surface area contributed by atoms with E-state index in [-0.39, 0.29) is 0 Å². The molecule has 2 aromatic carbocycles. The fourth-order valence-corrected chi connectivity index (χ4v) is 2.79. The van der Waals surface area contributed by atoms with E-state index in [2.05, 4.69) is 4.98 Å². The molecule has 0 radical (unpaired) electrons. The zero-order valence-corrected chi connectivity index (χ0v) is 14.1. The lowest BCUT2D eigenvalue weighted by atomic mass is 10.0. The second-order valence-corrected chi connectivity index (χ2v) is 5.13. The summed E-state index contributed by atoms with van der Waals surface area (Å²) in [6, 6.07) is 11.5. The predicted molar refractivity (Wildman–Crippen MR) is 93.4 cm³/mol. The van der Waals surface area contributed by atoms with Crippen LogP contribution < -0.4 is 18.9 Å². The standard InChI is InChI=1S/C19H19NO4/c1-21-15-7-5-6-13(19(15)24-4)18-14-11-17(23-3)16(22-2)10-12(14)8-9-20-18/h5-11H,1-4H3. The van der Waals surface area contributed by atoms with Gasteiger partial charge in [0.05, 0.1) is 34.1 Å². The first-order valence-electron chi connectivity index (χ1n) is 7.45. The van der Waals surface area contributed by atoms with Crippen LogP contribution in [0.25, 0.3) is 22.0 Å². The van der Waals surface area contributed by atoms with Crippen molar-refractivity contribution in [3.63, 3.8) is 0 Å². The number of nitrogens with zero attached hydrogens (tertiary/aromatic N) is 1. The molecule has 5 nitrogen and oxygen atoms in total. The van der Waals surface area contributed by atoms with Gasteiger partial charge in [-0.2, -0.15) is 0 Å². The molecule has 0 amide bonds. The van der Waals surface area contributed by atoms with E-state index in [1.165, 1.54) is 0 Å². The number of hydrogen-bond donors (Lipinski definition) is 0. The minimum Gasteiger partial charge on any atom is -0.493 e. The molecule has 0 N–H and O–H groups in total. The third-order valence-corrected chi connectivity index (χ3v) is 3.93. The Morgan fingerprint density at radius 3 is 2.12 bits per heavy atom. The van der Waals surface area contributed by atoms with Crippen molar-refractivity contribution in [2.24, 2.45) is 0 Å². The van der Waals surface area contributed by atoms with E-state index < -0.39 is 0 Å². The third kappa shape index (κ3) is 2.58. The van der Waals surface area contributed by atoms with Gasteiger partial charge in [-0.1, -0.05) is 6.07 Å². The van der Waals surface area contributed by atoms with Crippen LogP contribution in [0.1, 0.15) is 0 Å². The molecule has 0 atom stereocenters. The molecule has 1 heterocycles. The minimum absolute atomic E-state index is 0.648. The van der Waals surface area contributed by atoms with E-state index in [9.17, 15) is 0 Å². The fraction of sp³-hybridized carbons (Fsp3) is 0.211. The first-order chi connectivity index (χ1) is 11.7. The molecule has 0 aliphatic carbocycles. The van der Waals surface area contributed by atoms with Crippen molar-refractivity contribution in [2.45, 2.75) is 0 Å². The van der Waals surface area contributed by atoms with Crippen LogP contribution in [0, 0.1) is 0 Å². The maximum Gasteiger partial charge on any atom is 0.170 e. The van der Waals surface area contributed by atoms with Gasteiger partial charge in [0, 0.05) is 17.1 Å². The number of pyridine rings is 1. The highest BCUT2D eigenvalue weighted by Crippen LogP contribution is 2.41. The van der Waals surface area contributed by atoms with Crippen LogP contribution in [0.4, 0.5) is 0 Å². The van der Waals surface area contributed by atoms with Gasteiger partial charge in [-0.15, -0.1) is 0 Å². The second-order valence-electron chi connectivity index (χ2n) is 5.13. The highest BCUT2D eigenvalue weighted by Gasteiger charge is 2.16. The van der Waals surface area contributed by atoms with Crippen LogP contribution in [0.15, 0.2) is 42.6 Å². The van der Waals surface area contributed by atoms with Gasteiger partial charge in [0.15, 0.2) is 23.0 Å². The molecule has 0 aliphatic heterocycles. The number of aromatic nitrogens is 1. The summed E-state index contributed by atoms with van der Waals surface area (Å²) in [4.78, 5) is 4.56. The SMILES string of the molecule is COc1cc2ccnc(-c3cccc(OC)c3OC)c2cc1OC. The molecule has 5 heteroatoms. The van der Waals surface area contributed by atoms with Crippen molar-refractivity contribution in [1.82, 2.24) is 4.98 Å². The van der Waals surface area contributed by atoms with Gasteiger partial charge in [-0.25, -0.2) is 0 Å². The number of rotatable bonds is 5. The molecule has 0 aliphatic rings.